The average molecular weight is 449 g/mol. The van der Waals surface area contributed by atoms with Gasteiger partial charge in [-0.2, -0.15) is 0 Å². The zero-order chi connectivity index (χ0) is 22.9. The molecular weight excluding hydrogens is 420 g/mol. The molecular formula is C25H28N4O2S. The van der Waals surface area contributed by atoms with Gasteiger partial charge in [0.15, 0.2) is 5.13 Å². The Morgan fingerprint density at radius 2 is 1.75 bits per heavy atom. The number of aromatic nitrogens is 1. The molecule has 1 N–H and O–H groups in total. The third-order valence-electron chi connectivity index (χ3n) is 4.83. The number of rotatable bonds is 9. The van der Waals surface area contributed by atoms with E-state index in [1.807, 2.05) is 49.8 Å². The van der Waals surface area contributed by atoms with E-state index in [-0.39, 0.29) is 11.8 Å². The number of nitrogens with one attached hydrogen (secondary N) is 1. The van der Waals surface area contributed by atoms with Crippen molar-refractivity contribution < 1.29 is 9.59 Å². The Morgan fingerprint density at radius 3 is 2.41 bits per heavy atom. The number of aryl methyl sites for hydroxylation is 1. The summed E-state index contributed by atoms with van der Waals surface area (Å²) in [5.74, 6) is -0.274. The topological polar surface area (TPSA) is 65.5 Å². The van der Waals surface area contributed by atoms with Gasteiger partial charge in [-0.1, -0.05) is 30.3 Å². The van der Waals surface area contributed by atoms with Crippen LogP contribution in [0.2, 0.25) is 0 Å². The molecule has 166 valence electrons. The summed E-state index contributed by atoms with van der Waals surface area (Å²) >= 11 is 1.36. The smallest absolute Gasteiger partial charge is 0.244 e. The first-order valence-electron chi connectivity index (χ1n) is 10.5. The summed E-state index contributed by atoms with van der Waals surface area (Å²) < 4.78 is 0. The number of benzene rings is 2. The summed E-state index contributed by atoms with van der Waals surface area (Å²) in [5.41, 5.74) is 3.83. The molecule has 0 aliphatic carbocycles. The summed E-state index contributed by atoms with van der Waals surface area (Å²) in [7, 11) is 4.04. The van der Waals surface area contributed by atoms with Gasteiger partial charge < -0.3 is 10.2 Å². The normalized spacial score (nSPS) is 10.8. The van der Waals surface area contributed by atoms with E-state index >= 15 is 0 Å². The van der Waals surface area contributed by atoms with Crippen LogP contribution in [0, 0.1) is 0 Å². The lowest BCUT2D eigenvalue weighted by Crippen LogP contribution is -2.22. The second kappa shape index (κ2) is 11.2. The molecule has 0 bridgehead atoms. The first-order valence-corrected chi connectivity index (χ1v) is 11.4. The molecule has 32 heavy (non-hydrogen) atoms. The lowest BCUT2D eigenvalue weighted by atomic mass is 10.1. The first kappa shape index (κ1) is 23.2. The second-order valence-corrected chi connectivity index (χ2v) is 8.37. The minimum absolute atomic E-state index is 0.116. The van der Waals surface area contributed by atoms with E-state index in [2.05, 4.69) is 39.5 Å². The number of carbonyl (C=O) groups excluding carboxylic acids is 2. The minimum atomic E-state index is -0.158. The Hall–Kier alpha value is -3.45. The molecule has 3 rings (SSSR count). The van der Waals surface area contributed by atoms with Crippen molar-refractivity contribution in [2.75, 3.05) is 30.4 Å². The molecule has 2 amide bonds. The number of para-hydroxylation sites is 1. The number of thiazole rings is 1. The summed E-state index contributed by atoms with van der Waals surface area (Å²) in [6, 6.07) is 17.8. The van der Waals surface area contributed by atoms with Crippen molar-refractivity contribution in [3.63, 3.8) is 0 Å². The van der Waals surface area contributed by atoms with Gasteiger partial charge in [-0.25, -0.2) is 4.98 Å². The fourth-order valence-electron chi connectivity index (χ4n) is 3.14. The standard InChI is InChI=1S/C25H28N4O2S/c1-19(30)29(23-9-5-4-6-10-23)25-27-21(18-32-25)13-16-24(31)26-17-7-8-20-11-14-22(15-12-20)28(2)3/h4-6,9-16,18H,7-8,17H2,1-3H3,(H,26,31)/b16-13+. The molecule has 7 heteroatoms. The molecule has 3 aromatic rings. The van der Waals surface area contributed by atoms with Crippen molar-refractivity contribution in [3.05, 3.63) is 77.3 Å². The highest BCUT2D eigenvalue weighted by atomic mass is 32.1. The maximum Gasteiger partial charge on any atom is 0.244 e. The number of anilines is 3. The van der Waals surface area contributed by atoms with E-state index < -0.39 is 0 Å². The molecule has 0 atom stereocenters. The van der Waals surface area contributed by atoms with Crippen molar-refractivity contribution in [2.24, 2.45) is 0 Å². The summed E-state index contributed by atoms with van der Waals surface area (Å²) in [5, 5.41) is 5.31. The van der Waals surface area contributed by atoms with Gasteiger partial charge >= 0.3 is 0 Å². The van der Waals surface area contributed by atoms with Crippen molar-refractivity contribution in [1.82, 2.24) is 10.3 Å². The van der Waals surface area contributed by atoms with Gasteiger partial charge in [-0.3, -0.25) is 14.5 Å². The highest BCUT2D eigenvalue weighted by Crippen LogP contribution is 2.29. The highest BCUT2D eigenvalue weighted by Gasteiger charge is 2.17. The van der Waals surface area contributed by atoms with Crippen LogP contribution in [0.5, 0.6) is 0 Å². The van der Waals surface area contributed by atoms with Gasteiger partial charge in [0.2, 0.25) is 11.8 Å². The fraction of sp³-hybridized carbons (Fsp3) is 0.240. The first-order chi connectivity index (χ1) is 15.4. The molecule has 0 spiro atoms. The van der Waals surface area contributed by atoms with Gasteiger partial charge in [0.1, 0.15) is 0 Å². The van der Waals surface area contributed by atoms with Crippen molar-refractivity contribution in [2.45, 2.75) is 19.8 Å². The zero-order valence-corrected chi connectivity index (χ0v) is 19.4. The minimum Gasteiger partial charge on any atom is -0.378 e. The predicted octanol–water partition coefficient (Wildman–Crippen LogP) is 4.66. The van der Waals surface area contributed by atoms with Crippen LogP contribution in [-0.2, 0) is 16.0 Å². The van der Waals surface area contributed by atoms with Crippen LogP contribution in [0.25, 0.3) is 6.08 Å². The van der Waals surface area contributed by atoms with Gasteiger partial charge in [0.05, 0.1) is 11.4 Å². The lowest BCUT2D eigenvalue weighted by Gasteiger charge is -2.17. The molecule has 0 aliphatic heterocycles. The van der Waals surface area contributed by atoms with Crippen LogP contribution in [0.4, 0.5) is 16.5 Å². The Kier molecular flexibility index (Phi) is 8.16. The summed E-state index contributed by atoms with van der Waals surface area (Å²) in [6.45, 7) is 2.11. The van der Waals surface area contributed by atoms with Crippen LogP contribution in [0.1, 0.15) is 24.6 Å². The van der Waals surface area contributed by atoms with E-state index in [0.29, 0.717) is 17.4 Å². The van der Waals surface area contributed by atoms with Gasteiger partial charge in [0, 0.05) is 44.7 Å². The molecule has 0 fully saturated rings. The summed E-state index contributed by atoms with van der Waals surface area (Å²) in [6.07, 6.45) is 4.92. The van der Waals surface area contributed by atoms with Gasteiger partial charge in [-0.05, 0) is 48.7 Å². The van der Waals surface area contributed by atoms with Crippen molar-refractivity contribution >= 4 is 45.7 Å². The Morgan fingerprint density at radius 1 is 1.03 bits per heavy atom. The molecule has 6 nitrogen and oxygen atoms in total. The lowest BCUT2D eigenvalue weighted by molar-refractivity contribution is -0.117. The third-order valence-corrected chi connectivity index (χ3v) is 5.67. The highest BCUT2D eigenvalue weighted by molar-refractivity contribution is 7.14. The molecule has 1 heterocycles. The van der Waals surface area contributed by atoms with Crippen LogP contribution in [0.15, 0.2) is 66.1 Å². The van der Waals surface area contributed by atoms with E-state index in [9.17, 15) is 9.59 Å². The average Bonchev–Trinajstić information content (AvgIpc) is 3.24. The molecule has 0 radical (unpaired) electrons. The fourth-order valence-corrected chi connectivity index (χ4v) is 4.00. The number of carbonyl (C=O) groups is 2. The van der Waals surface area contributed by atoms with Crippen LogP contribution in [-0.4, -0.2) is 37.4 Å². The summed E-state index contributed by atoms with van der Waals surface area (Å²) in [4.78, 5) is 32.4. The van der Waals surface area contributed by atoms with Crippen LogP contribution < -0.4 is 15.1 Å². The predicted molar refractivity (Wildman–Crippen MR) is 133 cm³/mol. The van der Waals surface area contributed by atoms with Crippen LogP contribution in [0.3, 0.4) is 0 Å². The van der Waals surface area contributed by atoms with E-state index in [1.165, 1.54) is 35.6 Å². The monoisotopic (exact) mass is 448 g/mol. The van der Waals surface area contributed by atoms with Gasteiger partial charge in [-0.15, -0.1) is 11.3 Å². The number of amides is 2. The maximum absolute atomic E-state index is 12.1. The van der Waals surface area contributed by atoms with Crippen molar-refractivity contribution in [3.8, 4) is 0 Å². The molecule has 0 aliphatic rings. The van der Waals surface area contributed by atoms with E-state index in [4.69, 9.17) is 0 Å². The maximum atomic E-state index is 12.1. The van der Waals surface area contributed by atoms with E-state index in [0.717, 1.165) is 18.5 Å². The molecule has 2 aromatic carbocycles. The van der Waals surface area contributed by atoms with Gasteiger partial charge in [0.25, 0.3) is 0 Å². The molecule has 0 saturated heterocycles. The largest absolute Gasteiger partial charge is 0.378 e. The SMILES string of the molecule is CC(=O)N(c1ccccc1)c1nc(/C=C/C(=O)NCCCc2ccc(N(C)C)cc2)cs1. The Labute approximate surface area is 193 Å². The van der Waals surface area contributed by atoms with E-state index in [1.54, 1.807) is 11.0 Å². The quantitative estimate of drug-likeness (QED) is 0.382. The Bertz CT molecular complexity index is 1060. The Balaban J connectivity index is 1.48. The second-order valence-electron chi connectivity index (χ2n) is 7.53. The molecule has 0 saturated carbocycles. The number of hydrogen-bond acceptors (Lipinski definition) is 5. The number of hydrogen-bond donors (Lipinski definition) is 1. The van der Waals surface area contributed by atoms with Crippen LogP contribution >= 0.6 is 11.3 Å². The zero-order valence-electron chi connectivity index (χ0n) is 18.6. The molecule has 0 unspecified atom stereocenters. The number of nitrogens with zero attached hydrogens (tertiary/aromatic N) is 3. The molecule has 1 aromatic heterocycles. The third kappa shape index (κ3) is 6.52. The van der Waals surface area contributed by atoms with Crippen molar-refractivity contribution in [1.29, 1.82) is 0 Å².